The van der Waals surface area contributed by atoms with Crippen LogP contribution in [0.5, 0.6) is 11.5 Å². The van der Waals surface area contributed by atoms with Crippen LogP contribution in [-0.4, -0.2) is 30.5 Å². The van der Waals surface area contributed by atoms with Crippen LogP contribution in [0.4, 0.5) is 15.2 Å². The Labute approximate surface area is 194 Å². The molecule has 1 heterocycles. The summed E-state index contributed by atoms with van der Waals surface area (Å²) in [6.07, 6.45) is 5.47. The number of hydrogen-bond acceptors (Lipinski definition) is 6. The van der Waals surface area contributed by atoms with Crippen LogP contribution in [0.2, 0.25) is 0 Å². The average molecular weight is 470 g/mol. The van der Waals surface area contributed by atoms with Crippen molar-refractivity contribution in [2.75, 3.05) is 24.4 Å². The van der Waals surface area contributed by atoms with Gasteiger partial charge < -0.3 is 14.8 Å². The molecule has 172 valence electrons. The highest BCUT2D eigenvalue weighted by atomic mass is 32.1. The smallest absolute Gasteiger partial charge is 0.262 e. The van der Waals surface area contributed by atoms with E-state index >= 15 is 0 Å². The van der Waals surface area contributed by atoms with E-state index in [0.717, 1.165) is 31.4 Å². The number of anilines is 2. The summed E-state index contributed by atoms with van der Waals surface area (Å²) in [5, 5.41) is 6.09. The van der Waals surface area contributed by atoms with Gasteiger partial charge in [-0.1, -0.05) is 6.42 Å². The van der Waals surface area contributed by atoms with Gasteiger partial charge in [0.15, 0.2) is 23.2 Å². The highest BCUT2D eigenvalue weighted by Crippen LogP contribution is 2.31. The lowest BCUT2D eigenvalue weighted by molar-refractivity contribution is -0.118. The molecule has 9 heteroatoms. The Morgan fingerprint density at radius 3 is 2.61 bits per heavy atom. The molecule has 1 aliphatic carbocycles. The van der Waals surface area contributed by atoms with Crippen molar-refractivity contribution in [1.82, 2.24) is 4.98 Å². The average Bonchev–Trinajstić information content (AvgIpc) is 3.06. The van der Waals surface area contributed by atoms with E-state index in [1.54, 1.807) is 18.2 Å². The van der Waals surface area contributed by atoms with Crippen LogP contribution in [-0.2, 0) is 17.6 Å². The lowest BCUT2D eigenvalue weighted by atomic mass is 10.2. The van der Waals surface area contributed by atoms with E-state index in [9.17, 15) is 14.0 Å². The molecule has 3 aromatic rings. The van der Waals surface area contributed by atoms with Crippen molar-refractivity contribution in [3.05, 3.63) is 64.4 Å². The maximum absolute atomic E-state index is 13.0. The number of nitrogens with one attached hydrogen (secondary N) is 2. The number of nitrogens with zero attached hydrogens (tertiary/aromatic N) is 1. The van der Waals surface area contributed by atoms with Crippen LogP contribution in [0.25, 0.3) is 0 Å². The highest BCUT2D eigenvalue weighted by molar-refractivity contribution is 7.15. The van der Waals surface area contributed by atoms with Crippen molar-refractivity contribution in [2.24, 2.45) is 0 Å². The Kier molecular flexibility index (Phi) is 7.19. The Hall–Kier alpha value is -3.46. The van der Waals surface area contributed by atoms with Crippen LogP contribution in [0.1, 0.15) is 40.2 Å². The maximum atomic E-state index is 13.0. The van der Waals surface area contributed by atoms with Crippen molar-refractivity contribution in [2.45, 2.75) is 32.1 Å². The van der Waals surface area contributed by atoms with Crippen molar-refractivity contribution >= 4 is 34.0 Å². The SMILES string of the molecule is COc1cc(C(=O)Nc2nc3c(s2)CCCCC3)ccc1OCC(=O)Nc1ccc(F)cc1. The Morgan fingerprint density at radius 2 is 1.82 bits per heavy atom. The zero-order valence-corrected chi connectivity index (χ0v) is 19.0. The highest BCUT2D eigenvalue weighted by Gasteiger charge is 2.17. The first kappa shape index (κ1) is 22.7. The maximum Gasteiger partial charge on any atom is 0.262 e. The molecule has 4 rings (SSSR count). The number of hydrogen-bond donors (Lipinski definition) is 2. The van der Waals surface area contributed by atoms with Crippen molar-refractivity contribution < 1.29 is 23.5 Å². The number of methoxy groups -OCH3 is 1. The first-order chi connectivity index (χ1) is 16.0. The van der Waals surface area contributed by atoms with Gasteiger partial charge in [0, 0.05) is 16.1 Å². The summed E-state index contributed by atoms with van der Waals surface area (Å²) in [4.78, 5) is 30.7. The second-order valence-electron chi connectivity index (χ2n) is 7.61. The number of halogens is 1. The van der Waals surface area contributed by atoms with Crippen LogP contribution in [0, 0.1) is 5.82 Å². The molecule has 0 saturated heterocycles. The summed E-state index contributed by atoms with van der Waals surface area (Å²) < 4.78 is 23.9. The number of carbonyl (C=O) groups is 2. The monoisotopic (exact) mass is 469 g/mol. The molecule has 0 atom stereocenters. The number of rotatable bonds is 7. The van der Waals surface area contributed by atoms with Gasteiger partial charge in [-0.2, -0.15) is 0 Å². The number of thiazole rings is 1. The molecule has 1 aromatic heterocycles. The molecule has 2 aromatic carbocycles. The van der Waals surface area contributed by atoms with Crippen molar-refractivity contribution in [1.29, 1.82) is 0 Å². The van der Waals surface area contributed by atoms with Crippen LogP contribution in [0.3, 0.4) is 0 Å². The molecule has 0 radical (unpaired) electrons. The third-order valence-corrected chi connectivity index (χ3v) is 6.30. The fourth-order valence-corrected chi connectivity index (χ4v) is 4.60. The lowest BCUT2D eigenvalue weighted by Gasteiger charge is -2.12. The van der Waals surface area contributed by atoms with Gasteiger partial charge in [-0.15, -0.1) is 11.3 Å². The van der Waals surface area contributed by atoms with Gasteiger partial charge in [-0.25, -0.2) is 9.37 Å². The molecule has 2 amide bonds. The molecule has 1 aliphatic rings. The number of fused-ring (bicyclic) bond motifs is 1. The van der Waals surface area contributed by atoms with Gasteiger partial charge >= 0.3 is 0 Å². The first-order valence-corrected chi connectivity index (χ1v) is 11.5. The second kappa shape index (κ2) is 10.4. The molecule has 0 bridgehead atoms. The fourth-order valence-electron chi connectivity index (χ4n) is 3.55. The summed E-state index contributed by atoms with van der Waals surface area (Å²) in [5.41, 5.74) is 1.94. The van der Waals surface area contributed by atoms with E-state index in [4.69, 9.17) is 9.47 Å². The van der Waals surface area contributed by atoms with E-state index in [0.29, 0.717) is 27.9 Å². The number of amides is 2. The molecule has 2 N–H and O–H groups in total. The molecule has 0 saturated carbocycles. The molecule has 0 unspecified atom stereocenters. The molecule has 0 fully saturated rings. The fraction of sp³-hybridized carbons (Fsp3) is 0.292. The third-order valence-electron chi connectivity index (χ3n) is 5.23. The molecule has 0 aliphatic heterocycles. The zero-order valence-electron chi connectivity index (χ0n) is 18.2. The molecule has 33 heavy (non-hydrogen) atoms. The summed E-state index contributed by atoms with van der Waals surface area (Å²) in [7, 11) is 1.46. The van der Waals surface area contributed by atoms with Crippen molar-refractivity contribution in [3.63, 3.8) is 0 Å². The van der Waals surface area contributed by atoms with E-state index < -0.39 is 5.91 Å². The Bertz CT molecular complexity index is 1120. The van der Waals surface area contributed by atoms with Crippen LogP contribution >= 0.6 is 11.3 Å². The topological polar surface area (TPSA) is 89.6 Å². The van der Waals surface area contributed by atoms with Crippen LogP contribution < -0.4 is 20.1 Å². The molecule has 0 spiro atoms. The lowest BCUT2D eigenvalue weighted by Crippen LogP contribution is -2.20. The number of ether oxygens (including phenoxy) is 2. The molecular weight excluding hydrogens is 445 g/mol. The normalized spacial score (nSPS) is 12.9. The predicted octanol–water partition coefficient (Wildman–Crippen LogP) is 4.83. The van der Waals surface area contributed by atoms with Gasteiger partial charge in [-0.3, -0.25) is 14.9 Å². The number of carbonyl (C=O) groups excluding carboxylic acids is 2. The second-order valence-corrected chi connectivity index (χ2v) is 8.70. The number of aromatic nitrogens is 1. The minimum absolute atomic E-state index is 0.274. The summed E-state index contributed by atoms with van der Waals surface area (Å²) in [6.45, 7) is -0.274. The van der Waals surface area contributed by atoms with E-state index in [-0.39, 0.29) is 18.3 Å². The molecular formula is C24H24FN3O4S. The predicted molar refractivity (Wildman–Crippen MR) is 125 cm³/mol. The first-order valence-electron chi connectivity index (χ1n) is 10.7. The van der Waals surface area contributed by atoms with Gasteiger partial charge in [0.25, 0.3) is 11.8 Å². The van der Waals surface area contributed by atoms with E-state index in [1.807, 2.05) is 0 Å². The Balaban J connectivity index is 1.37. The minimum Gasteiger partial charge on any atom is -0.493 e. The van der Waals surface area contributed by atoms with E-state index in [2.05, 4.69) is 15.6 Å². The number of benzene rings is 2. The molecule has 7 nitrogen and oxygen atoms in total. The minimum atomic E-state index is -0.408. The van der Waals surface area contributed by atoms with E-state index in [1.165, 1.54) is 54.0 Å². The summed E-state index contributed by atoms with van der Waals surface area (Å²) >= 11 is 1.53. The third kappa shape index (κ3) is 5.87. The van der Waals surface area contributed by atoms with Gasteiger partial charge in [0.2, 0.25) is 0 Å². The van der Waals surface area contributed by atoms with Crippen molar-refractivity contribution in [3.8, 4) is 11.5 Å². The standard InChI is InChI=1S/C24H24FN3O4S/c1-31-20-13-15(23(30)28-24-27-18-5-3-2-4-6-21(18)33-24)7-12-19(20)32-14-22(29)26-17-10-8-16(25)9-11-17/h7-13H,2-6,14H2,1H3,(H,26,29)(H,27,28,30). The van der Waals surface area contributed by atoms with Gasteiger partial charge in [0.1, 0.15) is 5.82 Å². The number of aryl methyl sites for hydroxylation is 2. The van der Waals surface area contributed by atoms with Gasteiger partial charge in [-0.05, 0) is 68.1 Å². The van der Waals surface area contributed by atoms with Gasteiger partial charge in [0.05, 0.1) is 12.8 Å². The summed E-state index contributed by atoms with van der Waals surface area (Å²) in [5.74, 6) is -0.439. The summed E-state index contributed by atoms with van der Waals surface area (Å²) in [6, 6.07) is 10.2. The zero-order chi connectivity index (χ0) is 23.2. The van der Waals surface area contributed by atoms with Crippen LogP contribution in [0.15, 0.2) is 42.5 Å². The quantitative estimate of drug-likeness (QED) is 0.484. The Morgan fingerprint density at radius 1 is 1.03 bits per heavy atom. The largest absolute Gasteiger partial charge is 0.493 e.